The Balaban J connectivity index is 2.14. The van der Waals surface area contributed by atoms with E-state index in [4.69, 9.17) is 9.47 Å². The Morgan fingerprint density at radius 3 is 2.84 bits per heavy atom. The molecule has 112 valence electrons. The summed E-state index contributed by atoms with van der Waals surface area (Å²) in [7, 11) is 0. The Hall–Kier alpha value is -0.610. The van der Waals surface area contributed by atoms with Gasteiger partial charge in [-0.1, -0.05) is 13.8 Å². The summed E-state index contributed by atoms with van der Waals surface area (Å²) in [6.07, 6.45) is 3.16. The van der Waals surface area contributed by atoms with Crippen LogP contribution in [0.2, 0.25) is 0 Å². The fourth-order valence-corrected chi connectivity index (χ4v) is 2.33. The van der Waals surface area contributed by atoms with Gasteiger partial charge in [0.25, 0.3) is 0 Å². The van der Waals surface area contributed by atoms with Gasteiger partial charge in [0.1, 0.15) is 0 Å². The van der Waals surface area contributed by atoms with E-state index in [0.717, 1.165) is 52.1 Å². The zero-order valence-corrected chi connectivity index (χ0v) is 12.7. The van der Waals surface area contributed by atoms with E-state index in [1.165, 1.54) is 0 Å². The lowest BCUT2D eigenvalue weighted by Gasteiger charge is -2.31. The zero-order valence-electron chi connectivity index (χ0n) is 12.7. The molecular weight excluding hydrogens is 242 g/mol. The molecule has 0 aromatic heterocycles. The molecule has 1 fully saturated rings. The highest BCUT2D eigenvalue weighted by Crippen LogP contribution is 2.17. The molecule has 1 heterocycles. The predicted octanol–water partition coefficient (Wildman–Crippen LogP) is 2.32. The summed E-state index contributed by atoms with van der Waals surface area (Å²) in [5, 5.41) is 0. The van der Waals surface area contributed by atoms with Crippen LogP contribution in [0.3, 0.4) is 0 Å². The summed E-state index contributed by atoms with van der Waals surface area (Å²) >= 11 is 0. The monoisotopic (exact) mass is 271 g/mol. The topological polar surface area (TPSA) is 38.8 Å². The number of esters is 1. The average molecular weight is 271 g/mol. The molecule has 4 nitrogen and oxygen atoms in total. The number of carbonyl (C=O) groups is 1. The molecule has 0 aromatic carbocycles. The van der Waals surface area contributed by atoms with Crippen LogP contribution in [0.15, 0.2) is 0 Å². The van der Waals surface area contributed by atoms with Crippen molar-refractivity contribution in [2.24, 2.45) is 11.8 Å². The highest BCUT2D eigenvalue weighted by Gasteiger charge is 2.26. The summed E-state index contributed by atoms with van der Waals surface area (Å²) < 4.78 is 10.7. The van der Waals surface area contributed by atoms with E-state index >= 15 is 0 Å². The van der Waals surface area contributed by atoms with Gasteiger partial charge >= 0.3 is 5.97 Å². The number of likely N-dealkylation sites (tertiary alicyclic amines) is 1. The lowest BCUT2D eigenvalue weighted by atomic mass is 9.98. The van der Waals surface area contributed by atoms with Crippen molar-refractivity contribution >= 4 is 5.97 Å². The van der Waals surface area contributed by atoms with Gasteiger partial charge in [-0.3, -0.25) is 4.79 Å². The second-order valence-electron chi connectivity index (χ2n) is 5.69. The minimum Gasteiger partial charge on any atom is -0.466 e. The summed E-state index contributed by atoms with van der Waals surface area (Å²) in [5.41, 5.74) is 0. The van der Waals surface area contributed by atoms with Crippen LogP contribution in [0.5, 0.6) is 0 Å². The van der Waals surface area contributed by atoms with E-state index < -0.39 is 0 Å². The lowest BCUT2D eigenvalue weighted by molar-refractivity contribution is -0.150. The fourth-order valence-electron chi connectivity index (χ4n) is 2.33. The Morgan fingerprint density at radius 1 is 1.37 bits per heavy atom. The highest BCUT2D eigenvalue weighted by molar-refractivity contribution is 5.72. The second-order valence-corrected chi connectivity index (χ2v) is 5.69. The summed E-state index contributed by atoms with van der Waals surface area (Å²) in [6, 6.07) is 0. The first kappa shape index (κ1) is 16.4. The lowest BCUT2D eigenvalue weighted by Crippen LogP contribution is -2.40. The van der Waals surface area contributed by atoms with Gasteiger partial charge in [-0.05, 0) is 38.6 Å². The Kier molecular flexibility index (Phi) is 8.07. The minimum absolute atomic E-state index is 0.0343. The van der Waals surface area contributed by atoms with Crippen LogP contribution in [0.4, 0.5) is 0 Å². The van der Waals surface area contributed by atoms with Crippen molar-refractivity contribution in [1.82, 2.24) is 4.90 Å². The van der Waals surface area contributed by atoms with Crippen LogP contribution in [0.1, 0.15) is 40.0 Å². The Labute approximate surface area is 117 Å². The molecule has 0 spiro atoms. The maximum atomic E-state index is 11.7. The van der Waals surface area contributed by atoms with Crippen LogP contribution in [0.25, 0.3) is 0 Å². The molecule has 19 heavy (non-hydrogen) atoms. The molecule has 0 unspecified atom stereocenters. The minimum atomic E-state index is -0.0343. The van der Waals surface area contributed by atoms with Crippen molar-refractivity contribution in [3.63, 3.8) is 0 Å². The van der Waals surface area contributed by atoms with Gasteiger partial charge in [0.05, 0.1) is 19.1 Å². The molecule has 0 bridgehead atoms. The van der Waals surface area contributed by atoms with Gasteiger partial charge in [0.15, 0.2) is 0 Å². The van der Waals surface area contributed by atoms with Gasteiger partial charge in [0.2, 0.25) is 0 Å². The third kappa shape index (κ3) is 6.92. The van der Waals surface area contributed by atoms with Crippen molar-refractivity contribution in [3.8, 4) is 0 Å². The van der Waals surface area contributed by atoms with Gasteiger partial charge in [-0.15, -0.1) is 0 Å². The normalized spacial score (nSPS) is 20.7. The number of hydrogen-bond acceptors (Lipinski definition) is 4. The van der Waals surface area contributed by atoms with E-state index in [0.29, 0.717) is 12.5 Å². The Bertz CT molecular complexity index is 256. The average Bonchev–Trinajstić information content (AvgIpc) is 2.38. The molecule has 0 saturated carbocycles. The molecule has 1 saturated heterocycles. The van der Waals surface area contributed by atoms with Gasteiger partial charge in [-0.2, -0.15) is 0 Å². The third-order valence-corrected chi connectivity index (χ3v) is 3.52. The van der Waals surface area contributed by atoms with Crippen LogP contribution in [-0.2, 0) is 14.3 Å². The van der Waals surface area contributed by atoms with Crippen molar-refractivity contribution in [1.29, 1.82) is 0 Å². The third-order valence-electron chi connectivity index (χ3n) is 3.52. The summed E-state index contributed by atoms with van der Waals surface area (Å²) in [4.78, 5) is 14.0. The molecule has 0 amide bonds. The number of nitrogens with zero attached hydrogens (tertiary/aromatic N) is 1. The molecule has 1 rings (SSSR count). The van der Waals surface area contributed by atoms with Crippen LogP contribution in [-0.4, -0.2) is 50.3 Å². The van der Waals surface area contributed by atoms with Crippen molar-refractivity contribution in [3.05, 3.63) is 0 Å². The van der Waals surface area contributed by atoms with E-state index in [1.54, 1.807) is 0 Å². The molecular formula is C15H29NO3. The number of hydrogen-bond donors (Lipinski definition) is 0. The quantitative estimate of drug-likeness (QED) is 0.502. The van der Waals surface area contributed by atoms with Gasteiger partial charge in [-0.25, -0.2) is 0 Å². The predicted molar refractivity (Wildman–Crippen MR) is 76.1 cm³/mol. The van der Waals surface area contributed by atoms with E-state index in [2.05, 4.69) is 18.7 Å². The van der Waals surface area contributed by atoms with Crippen molar-refractivity contribution in [2.45, 2.75) is 40.0 Å². The standard InChI is InChI=1S/C15H29NO3/c1-4-19-15(17)14-6-5-8-16(12-14)9-11-18-10-7-13(2)3/h13-14H,4-12H2,1-3H3/t14-/m1/s1. The van der Waals surface area contributed by atoms with E-state index in [1.807, 2.05) is 6.92 Å². The van der Waals surface area contributed by atoms with Crippen LogP contribution in [0, 0.1) is 11.8 Å². The van der Waals surface area contributed by atoms with Crippen LogP contribution < -0.4 is 0 Å². The molecule has 0 aromatic rings. The first-order valence-corrected chi connectivity index (χ1v) is 7.60. The van der Waals surface area contributed by atoms with E-state index in [9.17, 15) is 4.79 Å². The fraction of sp³-hybridized carbons (Fsp3) is 0.933. The number of rotatable bonds is 8. The van der Waals surface area contributed by atoms with E-state index in [-0.39, 0.29) is 11.9 Å². The van der Waals surface area contributed by atoms with Crippen molar-refractivity contribution in [2.75, 3.05) is 39.5 Å². The zero-order chi connectivity index (χ0) is 14.1. The van der Waals surface area contributed by atoms with Crippen LogP contribution >= 0.6 is 0 Å². The largest absolute Gasteiger partial charge is 0.466 e. The van der Waals surface area contributed by atoms with Gasteiger partial charge < -0.3 is 14.4 Å². The second kappa shape index (κ2) is 9.32. The number of ether oxygens (including phenoxy) is 2. The summed E-state index contributed by atoms with van der Waals surface area (Å²) in [6.45, 7) is 11.2. The molecule has 4 heteroatoms. The first-order chi connectivity index (χ1) is 9.13. The maximum Gasteiger partial charge on any atom is 0.310 e. The maximum absolute atomic E-state index is 11.7. The SMILES string of the molecule is CCOC(=O)[C@@H]1CCCN(CCOCCC(C)C)C1. The molecule has 1 atom stereocenters. The number of carbonyl (C=O) groups excluding carboxylic acids is 1. The smallest absolute Gasteiger partial charge is 0.310 e. The molecule has 0 aliphatic carbocycles. The molecule has 0 radical (unpaired) electrons. The molecule has 0 N–H and O–H groups in total. The van der Waals surface area contributed by atoms with Crippen molar-refractivity contribution < 1.29 is 14.3 Å². The molecule has 1 aliphatic rings. The first-order valence-electron chi connectivity index (χ1n) is 7.60. The summed E-state index contributed by atoms with van der Waals surface area (Å²) in [5.74, 6) is 0.723. The molecule has 1 aliphatic heterocycles. The Morgan fingerprint density at radius 2 is 2.16 bits per heavy atom. The number of piperidine rings is 1. The highest BCUT2D eigenvalue weighted by atomic mass is 16.5. The van der Waals surface area contributed by atoms with Gasteiger partial charge in [0, 0.05) is 19.7 Å².